The molecular formula is C28H30N2O6. The summed E-state index contributed by atoms with van der Waals surface area (Å²) in [5.41, 5.74) is 3.92. The number of hydrogen-bond donors (Lipinski definition) is 1. The van der Waals surface area contributed by atoms with Crippen molar-refractivity contribution in [2.24, 2.45) is 5.10 Å². The molecule has 0 spiro atoms. The van der Waals surface area contributed by atoms with Gasteiger partial charge in [-0.3, -0.25) is 4.79 Å². The summed E-state index contributed by atoms with van der Waals surface area (Å²) in [6.07, 6.45) is 2.38. The van der Waals surface area contributed by atoms with Gasteiger partial charge in [-0.05, 0) is 80.4 Å². The molecule has 3 rings (SSSR count). The molecule has 188 valence electrons. The van der Waals surface area contributed by atoms with Crippen LogP contribution in [-0.2, 0) is 0 Å². The van der Waals surface area contributed by atoms with E-state index in [9.17, 15) is 9.59 Å². The normalized spacial score (nSPS) is 10.6. The Hall–Kier alpha value is -4.33. The Balaban J connectivity index is 1.67. The Kier molecular flexibility index (Phi) is 9.88. The number of hydrogen-bond acceptors (Lipinski definition) is 7. The van der Waals surface area contributed by atoms with Crippen molar-refractivity contribution in [3.63, 3.8) is 0 Å². The quantitative estimate of drug-likeness (QED) is 0.161. The smallest absolute Gasteiger partial charge is 0.343 e. The molecule has 0 aliphatic rings. The number of esters is 1. The Bertz CT molecular complexity index is 1190. The number of benzene rings is 3. The zero-order valence-electron chi connectivity index (χ0n) is 20.7. The molecule has 0 atom stereocenters. The van der Waals surface area contributed by atoms with Crippen molar-refractivity contribution >= 4 is 18.1 Å². The molecule has 0 aromatic heterocycles. The van der Waals surface area contributed by atoms with Crippen molar-refractivity contribution in [2.45, 2.75) is 27.2 Å². The first-order chi connectivity index (χ1) is 17.5. The second-order valence-corrected chi connectivity index (χ2v) is 7.53. The average Bonchev–Trinajstić information content (AvgIpc) is 2.89. The highest BCUT2D eigenvalue weighted by Gasteiger charge is 2.14. The standard InChI is InChI=1S/C28H30N2O6/c1-4-17-35-22-14-12-21(13-15-22)28(32)36-25-16-11-20(18-26(25)34-6-3)19-29-30-27(31)23-9-7-8-10-24(23)33-5-2/h7-16,18-19H,4-6,17H2,1-3H3,(H,30,31)/b29-19-. The minimum atomic E-state index is -0.514. The fourth-order valence-electron chi connectivity index (χ4n) is 3.18. The van der Waals surface area contributed by atoms with E-state index >= 15 is 0 Å². The van der Waals surface area contributed by atoms with Crippen LogP contribution in [0.1, 0.15) is 53.5 Å². The van der Waals surface area contributed by atoms with Gasteiger partial charge in [-0.1, -0.05) is 19.1 Å². The minimum Gasteiger partial charge on any atom is -0.494 e. The van der Waals surface area contributed by atoms with E-state index in [1.54, 1.807) is 66.7 Å². The number of rotatable bonds is 12. The highest BCUT2D eigenvalue weighted by atomic mass is 16.6. The molecule has 0 unspecified atom stereocenters. The summed E-state index contributed by atoms with van der Waals surface area (Å²) in [5.74, 6) is 0.934. The van der Waals surface area contributed by atoms with E-state index in [0.29, 0.717) is 53.8 Å². The van der Waals surface area contributed by atoms with Gasteiger partial charge in [0.25, 0.3) is 5.91 Å². The van der Waals surface area contributed by atoms with Gasteiger partial charge in [0.1, 0.15) is 11.5 Å². The first-order valence-corrected chi connectivity index (χ1v) is 11.8. The molecule has 0 aliphatic carbocycles. The molecule has 8 nitrogen and oxygen atoms in total. The summed E-state index contributed by atoms with van der Waals surface area (Å²) >= 11 is 0. The minimum absolute atomic E-state index is 0.278. The van der Waals surface area contributed by atoms with Gasteiger partial charge in [-0.2, -0.15) is 5.10 Å². The lowest BCUT2D eigenvalue weighted by Gasteiger charge is -2.12. The van der Waals surface area contributed by atoms with E-state index in [2.05, 4.69) is 10.5 Å². The van der Waals surface area contributed by atoms with E-state index in [1.165, 1.54) is 6.21 Å². The van der Waals surface area contributed by atoms with Gasteiger partial charge < -0.3 is 18.9 Å². The Morgan fingerprint density at radius 1 is 0.833 bits per heavy atom. The summed E-state index contributed by atoms with van der Waals surface area (Å²) in [6.45, 7) is 7.14. The van der Waals surface area contributed by atoms with E-state index in [4.69, 9.17) is 18.9 Å². The maximum absolute atomic E-state index is 12.6. The number of carbonyl (C=O) groups is 2. The lowest BCUT2D eigenvalue weighted by atomic mass is 10.2. The molecule has 1 amide bonds. The molecule has 0 aliphatic heterocycles. The number of ether oxygens (including phenoxy) is 4. The lowest BCUT2D eigenvalue weighted by molar-refractivity contribution is 0.0728. The number of carbonyl (C=O) groups excluding carboxylic acids is 2. The summed E-state index contributed by atoms with van der Waals surface area (Å²) in [7, 11) is 0. The first-order valence-electron chi connectivity index (χ1n) is 11.8. The van der Waals surface area contributed by atoms with Crippen molar-refractivity contribution in [3.05, 3.63) is 83.4 Å². The molecule has 36 heavy (non-hydrogen) atoms. The van der Waals surface area contributed by atoms with Crippen LogP contribution in [0.3, 0.4) is 0 Å². The van der Waals surface area contributed by atoms with Crippen molar-refractivity contribution < 1.29 is 28.5 Å². The summed E-state index contributed by atoms with van der Waals surface area (Å²) < 4.78 is 22.2. The van der Waals surface area contributed by atoms with E-state index < -0.39 is 11.9 Å². The SMILES string of the molecule is CCCOc1ccc(C(=O)Oc2ccc(/C=N\NC(=O)c3ccccc3OCC)cc2OCC)cc1. The zero-order valence-corrected chi connectivity index (χ0v) is 20.7. The van der Waals surface area contributed by atoms with Gasteiger partial charge in [-0.15, -0.1) is 0 Å². The van der Waals surface area contributed by atoms with Gasteiger partial charge in [0.2, 0.25) is 0 Å². The molecule has 3 aromatic rings. The number of para-hydroxylation sites is 1. The van der Waals surface area contributed by atoms with Gasteiger partial charge in [0.15, 0.2) is 11.5 Å². The molecule has 0 fully saturated rings. The van der Waals surface area contributed by atoms with Crippen LogP contribution in [0.25, 0.3) is 0 Å². The number of hydrazone groups is 1. The summed E-state index contributed by atoms with van der Waals surface area (Å²) in [5, 5.41) is 4.03. The predicted molar refractivity (Wildman–Crippen MR) is 137 cm³/mol. The zero-order chi connectivity index (χ0) is 25.8. The maximum atomic E-state index is 12.6. The van der Waals surface area contributed by atoms with Gasteiger partial charge in [0.05, 0.1) is 37.2 Å². The van der Waals surface area contributed by atoms with Gasteiger partial charge in [-0.25, -0.2) is 10.2 Å². The van der Waals surface area contributed by atoms with Crippen molar-refractivity contribution in [3.8, 4) is 23.0 Å². The second-order valence-electron chi connectivity index (χ2n) is 7.53. The number of nitrogens with one attached hydrogen (secondary N) is 1. The van der Waals surface area contributed by atoms with Gasteiger partial charge in [0, 0.05) is 0 Å². The highest BCUT2D eigenvalue weighted by molar-refractivity contribution is 5.97. The Labute approximate surface area is 210 Å². The third-order valence-corrected chi connectivity index (χ3v) is 4.84. The molecule has 0 bridgehead atoms. The number of nitrogens with zero attached hydrogens (tertiary/aromatic N) is 1. The van der Waals surface area contributed by atoms with Crippen molar-refractivity contribution in [1.29, 1.82) is 0 Å². The third kappa shape index (κ3) is 7.33. The predicted octanol–water partition coefficient (Wildman–Crippen LogP) is 5.26. The molecule has 0 radical (unpaired) electrons. The number of amides is 1. The lowest BCUT2D eigenvalue weighted by Crippen LogP contribution is -2.18. The van der Waals surface area contributed by atoms with E-state index in [-0.39, 0.29) is 5.75 Å². The molecular weight excluding hydrogens is 460 g/mol. The van der Waals surface area contributed by atoms with Crippen LogP contribution in [0.5, 0.6) is 23.0 Å². The molecule has 8 heteroatoms. The van der Waals surface area contributed by atoms with E-state index in [0.717, 1.165) is 6.42 Å². The molecule has 3 aromatic carbocycles. The topological polar surface area (TPSA) is 95.5 Å². The summed E-state index contributed by atoms with van der Waals surface area (Å²) in [4.78, 5) is 25.1. The molecule has 0 heterocycles. The van der Waals surface area contributed by atoms with Crippen LogP contribution < -0.4 is 24.4 Å². The highest BCUT2D eigenvalue weighted by Crippen LogP contribution is 2.29. The molecule has 0 saturated carbocycles. The second kappa shape index (κ2) is 13.5. The maximum Gasteiger partial charge on any atom is 0.343 e. The fourth-order valence-corrected chi connectivity index (χ4v) is 3.18. The van der Waals surface area contributed by atoms with Crippen LogP contribution in [0, 0.1) is 0 Å². The van der Waals surface area contributed by atoms with Crippen LogP contribution in [0.15, 0.2) is 71.8 Å². The van der Waals surface area contributed by atoms with E-state index in [1.807, 2.05) is 20.8 Å². The monoisotopic (exact) mass is 490 g/mol. The first kappa shape index (κ1) is 26.3. The van der Waals surface area contributed by atoms with Crippen LogP contribution >= 0.6 is 0 Å². The van der Waals surface area contributed by atoms with Crippen LogP contribution in [0.4, 0.5) is 0 Å². The Morgan fingerprint density at radius 3 is 2.28 bits per heavy atom. The molecule has 0 saturated heterocycles. The van der Waals surface area contributed by atoms with Crippen molar-refractivity contribution in [2.75, 3.05) is 19.8 Å². The average molecular weight is 491 g/mol. The fraction of sp³-hybridized carbons (Fsp3) is 0.250. The van der Waals surface area contributed by atoms with Crippen LogP contribution in [0.2, 0.25) is 0 Å². The molecule has 1 N–H and O–H groups in total. The van der Waals surface area contributed by atoms with Crippen molar-refractivity contribution in [1.82, 2.24) is 5.43 Å². The Morgan fingerprint density at radius 2 is 1.56 bits per heavy atom. The summed E-state index contributed by atoms with van der Waals surface area (Å²) in [6, 6.07) is 18.7. The van der Waals surface area contributed by atoms with Gasteiger partial charge >= 0.3 is 5.97 Å². The van der Waals surface area contributed by atoms with Crippen LogP contribution in [-0.4, -0.2) is 37.9 Å². The third-order valence-electron chi connectivity index (χ3n) is 4.84. The largest absolute Gasteiger partial charge is 0.494 e.